The van der Waals surface area contributed by atoms with E-state index in [1.807, 2.05) is 42.5 Å². The Morgan fingerprint density at radius 3 is 2.33 bits per heavy atom. The normalized spacial score (nSPS) is 12.0. The molecule has 146 valence electrons. The van der Waals surface area contributed by atoms with Gasteiger partial charge in [-0.15, -0.1) is 0 Å². The number of unbranched alkanes of at least 4 members (excludes halogenated alkanes) is 6. The summed E-state index contributed by atoms with van der Waals surface area (Å²) < 4.78 is 0. The molecular formula is C23H31NO3. The molecule has 2 rings (SSSR count). The molecule has 0 bridgehead atoms. The smallest absolute Gasteiger partial charge is 0.326 e. The maximum Gasteiger partial charge on any atom is 0.326 e. The summed E-state index contributed by atoms with van der Waals surface area (Å²) >= 11 is 0. The van der Waals surface area contributed by atoms with E-state index < -0.39 is 12.0 Å². The van der Waals surface area contributed by atoms with Crippen molar-refractivity contribution in [1.29, 1.82) is 0 Å². The lowest BCUT2D eigenvalue weighted by Crippen LogP contribution is -2.42. The summed E-state index contributed by atoms with van der Waals surface area (Å²) in [5.74, 6) is -1.16. The highest BCUT2D eigenvalue weighted by molar-refractivity contribution is 5.88. The SMILES string of the molecule is CCCCCCCCCC(=O)NC(Cc1cccc2ccccc12)C(=O)O. The fraction of sp³-hybridized carbons (Fsp3) is 0.478. The summed E-state index contributed by atoms with van der Waals surface area (Å²) in [5.41, 5.74) is 0.941. The van der Waals surface area contributed by atoms with Crippen LogP contribution in [0.25, 0.3) is 10.8 Å². The lowest BCUT2D eigenvalue weighted by atomic mass is 9.98. The van der Waals surface area contributed by atoms with Crippen molar-refractivity contribution in [1.82, 2.24) is 5.32 Å². The van der Waals surface area contributed by atoms with Gasteiger partial charge in [-0.2, -0.15) is 0 Å². The number of hydrogen-bond acceptors (Lipinski definition) is 2. The molecule has 0 saturated carbocycles. The van der Waals surface area contributed by atoms with Gasteiger partial charge in [0.15, 0.2) is 0 Å². The van der Waals surface area contributed by atoms with Gasteiger partial charge in [-0.1, -0.05) is 87.9 Å². The third-order valence-electron chi connectivity index (χ3n) is 4.94. The molecule has 0 heterocycles. The maximum atomic E-state index is 12.2. The molecule has 2 aromatic carbocycles. The van der Waals surface area contributed by atoms with E-state index in [9.17, 15) is 14.7 Å². The van der Waals surface area contributed by atoms with E-state index in [1.54, 1.807) is 0 Å². The Morgan fingerprint density at radius 1 is 0.926 bits per heavy atom. The van der Waals surface area contributed by atoms with Crippen molar-refractivity contribution in [2.75, 3.05) is 0 Å². The lowest BCUT2D eigenvalue weighted by molar-refractivity contribution is -0.141. The molecule has 0 fully saturated rings. The van der Waals surface area contributed by atoms with Gasteiger partial charge in [-0.25, -0.2) is 4.79 Å². The number of rotatable bonds is 12. The Bertz CT molecular complexity index is 736. The Hall–Kier alpha value is -2.36. The number of fused-ring (bicyclic) bond motifs is 1. The number of nitrogens with one attached hydrogen (secondary N) is 1. The molecule has 2 aromatic rings. The van der Waals surface area contributed by atoms with Gasteiger partial charge in [-0.05, 0) is 22.8 Å². The number of aliphatic carboxylic acids is 1. The average molecular weight is 370 g/mol. The van der Waals surface area contributed by atoms with Crippen LogP contribution in [0.3, 0.4) is 0 Å². The van der Waals surface area contributed by atoms with Gasteiger partial charge in [0.05, 0.1) is 0 Å². The van der Waals surface area contributed by atoms with Crippen LogP contribution in [0.5, 0.6) is 0 Å². The van der Waals surface area contributed by atoms with E-state index in [2.05, 4.69) is 12.2 Å². The molecule has 0 aliphatic carbocycles. The number of amides is 1. The zero-order valence-corrected chi connectivity index (χ0v) is 16.2. The number of carbonyl (C=O) groups excluding carboxylic acids is 1. The Labute approximate surface area is 162 Å². The van der Waals surface area contributed by atoms with Gasteiger partial charge < -0.3 is 10.4 Å². The van der Waals surface area contributed by atoms with Crippen LogP contribution in [-0.2, 0) is 16.0 Å². The minimum absolute atomic E-state index is 0.170. The van der Waals surface area contributed by atoms with Crippen molar-refractivity contribution in [2.45, 2.75) is 70.8 Å². The van der Waals surface area contributed by atoms with Crippen LogP contribution in [0, 0.1) is 0 Å². The quantitative estimate of drug-likeness (QED) is 0.512. The summed E-state index contributed by atoms with van der Waals surface area (Å²) in [7, 11) is 0. The summed E-state index contributed by atoms with van der Waals surface area (Å²) in [6.07, 6.45) is 8.66. The second-order valence-corrected chi connectivity index (χ2v) is 7.17. The first-order valence-corrected chi connectivity index (χ1v) is 10.1. The topological polar surface area (TPSA) is 66.4 Å². The second kappa shape index (κ2) is 11.4. The predicted molar refractivity (Wildman–Crippen MR) is 110 cm³/mol. The summed E-state index contributed by atoms with van der Waals surface area (Å²) in [6.45, 7) is 2.20. The van der Waals surface area contributed by atoms with Crippen molar-refractivity contribution in [2.24, 2.45) is 0 Å². The maximum absolute atomic E-state index is 12.2. The van der Waals surface area contributed by atoms with Crippen LogP contribution in [0.4, 0.5) is 0 Å². The summed E-state index contributed by atoms with van der Waals surface area (Å²) in [5, 5.41) is 14.3. The molecule has 1 unspecified atom stereocenters. The van der Waals surface area contributed by atoms with Crippen LogP contribution in [0.15, 0.2) is 42.5 Å². The Morgan fingerprint density at radius 2 is 1.59 bits per heavy atom. The van der Waals surface area contributed by atoms with E-state index in [-0.39, 0.29) is 5.91 Å². The van der Waals surface area contributed by atoms with Gasteiger partial charge >= 0.3 is 5.97 Å². The molecule has 0 radical (unpaired) electrons. The van der Waals surface area contributed by atoms with Gasteiger partial charge in [0.25, 0.3) is 0 Å². The van der Waals surface area contributed by atoms with E-state index in [4.69, 9.17) is 0 Å². The van der Waals surface area contributed by atoms with Crippen LogP contribution in [0.1, 0.15) is 63.9 Å². The first kappa shape index (κ1) is 20.9. The van der Waals surface area contributed by atoms with Crippen molar-refractivity contribution in [3.05, 3.63) is 48.0 Å². The van der Waals surface area contributed by atoms with E-state index >= 15 is 0 Å². The highest BCUT2D eigenvalue weighted by atomic mass is 16.4. The first-order valence-electron chi connectivity index (χ1n) is 10.1. The van der Waals surface area contributed by atoms with E-state index in [0.717, 1.165) is 35.6 Å². The second-order valence-electron chi connectivity index (χ2n) is 7.17. The average Bonchev–Trinajstić information content (AvgIpc) is 2.67. The summed E-state index contributed by atoms with van der Waals surface area (Å²) in [4.78, 5) is 23.8. The van der Waals surface area contributed by atoms with Crippen molar-refractivity contribution in [3.63, 3.8) is 0 Å². The fourth-order valence-electron chi connectivity index (χ4n) is 3.40. The van der Waals surface area contributed by atoms with Gasteiger partial charge in [-0.3, -0.25) is 4.79 Å². The van der Waals surface area contributed by atoms with Gasteiger partial charge in [0.1, 0.15) is 6.04 Å². The molecule has 4 nitrogen and oxygen atoms in total. The van der Waals surface area contributed by atoms with Gasteiger partial charge in [0, 0.05) is 12.8 Å². The molecule has 0 saturated heterocycles. The molecule has 0 aliphatic rings. The molecule has 0 aliphatic heterocycles. The van der Waals surface area contributed by atoms with Gasteiger partial charge in [0.2, 0.25) is 5.91 Å². The molecule has 27 heavy (non-hydrogen) atoms. The van der Waals surface area contributed by atoms with Crippen molar-refractivity contribution >= 4 is 22.6 Å². The van der Waals surface area contributed by atoms with E-state index in [1.165, 1.54) is 25.7 Å². The number of hydrogen-bond donors (Lipinski definition) is 2. The number of carbonyl (C=O) groups is 2. The fourth-order valence-corrected chi connectivity index (χ4v) is 3.40. The molecule has 0 spiro atoms. The first-order chi connectivity index (χ1) is 13.1. The van der Waals surface area contributed by atoms with Crippen LogP contribution < -0.4 is 5.32 Å². The van der Waals surface area contributed by atoms with Crippen LogP contribution in [0.2, 0.25) is 0 Å². The molecule has 2 N–H and O–H groups in total. The van der Waals surface area contributed by atoms with Crippen LogP contribution in [-0.4, -0.2) is 23.0 Å². The highest BCUT2D eigenvalue weighted by Crippen LogP contribution is 2.20. The number of benzene rings is 2. The molecular weight excluding hydrogens is 338 g/mol. The van der Waals surface area contributed by atoms with E-state index in [0.29, 0.717) is 12.8 Å². The third kappa shape index (κ3) is 7.05. The molecule has 4 heteroatoms. The Balaban J connectivity index is 1.84. The van der Waals surface area contributed by atoms with Crippen LogP contribution >= 0.6 is 0 Å². The molecule has 1 atom stereocenters. The zero-order valence-electron chi connectivity index (χ0n) is 16.2. The standard InChI is InChI=1S/C23H31NO3/c1-2-3-4-5-6-7-8-16-22(25)24-21(23(26)27)17-19-14-11-13-18-12-9-10-15-20(18)19/h9-15,21H,2-8,16-17H2,1H3,(H,24,25)(H,26,27). The molecule has 1 amide bonds. The molecule has 0 aromatic heterocycles. The largest absolute Gasteiger partial charge is 0.480 e. The van der Waals surface area contributed by atoms with Crippen molar-refractivity contribution < 1.29 is 14.7 Å². The minimum Gasteiger partial charge on any atom is -0.480 e. The monoisotopic (exact) mass is 369 g/mol. The zero-order chi connectivity index (χ0) is 19.5. The highest BCUT2D eigenvalue weighted by Gasteiger charge is 2.21. The third-order valence-corrected chi connectivity index (χ3v) is 4.94. The summed E-state index contributed by atoms with van der Waals surface area (Å²) in [6, 6.07) is 12.9. The number of carboxylic acid groups (broad SMARTS) is 1. The minimum atomic E-state index is -0.990. The van der Waals surface area contributed by atoms with Crippen molar-refractivity contribution in [3.8, 4) is 0 Å². The Kier molecular flexibility index (Phi) is 8.82. The lowest BCUT2D eigenvalue weighted by Gasteiger charge is -2.16. The predicted octanol–water partition coefficient (Wildman–Crippen LogP) is 5.09. The number of carboxylic acids is 1.